The summed E-state index contributed by atoms with van der Waals surface area (Å²) in [5.41, 5.74) is 8.29. The van der Waals surface area contributed by atoms with E-state index in [4.69, 9.17) is 5.73 Å². The molecule has 0 saturated heterocycles. The number of nitrogens with one attached hydrogen (secondary N) is 1. The first kappa shape index (κ1) is 14.7. The molecular formula is C15H21N3OS. The van der Waals surface area contributed by atoms with E-state index in [-0.39, 0.29) is 11.9 Å². The van der Waals surface area contributed by atoms with Crippen LogP contribution in [-0.2, 0) is 6.54 Å². The van der Waals surface area contributed by atoms with Crippen molar-refractivity contribution < 1.29 is 4.79 Å². The van der Waals surface area contributed by atoms with E-state index in [1.165, 1.54) is 15.3 Å². The van der Waals surface area contributed by atoms with Gasteiger partial charge in [-0.1, -0.05) is 0 Å². The van der Waals surface area contributed by atoms with Crippen LogP contribution in [0.15, 0.2) is 18.3 Å². The van der Waals surface area contributed by atoms with Crippen LogP contribution in [0.1, 0.15) is 45.7 Å². The van der Waals surface area contributed by atoms with Crippen LogP contribution in [0.3, 0.4) is 0 Å². The first-order valence-corrected chi connectivity index (χ1v) is 7.51. The van der Waals surface area contributed by atoms with Crippen LogP contribution in [0.5, 0.6) is 0 Å². The normalized spacial score (nSPS) is 11.1. The molecule has 0 aliphatic heterocycles. The minimum Gasteiger partial charge on any atom is -0.397 e. The predicted molar refractivity (Wildman–Crippen MR) is 84.2 cm³/mol. The van der Waals surface area contributed by atoms with Crippen molar-refractivity contribution in [2.24, 2.45) is 0 Å². The molecule has 0 aliphatic rings. The summed E-state index contributed by atoms with van der Waals surface area (Å²) in [6, 6.07) is 4.05. The van der Waals surface area contributed by atoms with Crippen molar-refractivity contribution in [3.8, 4) is 0 Å². The molecule has 2 aromatic rings. The molecule has 20 heavy (non-hydrogen) atoms. The molecule has 2 aromatic heterocycles. The molecule has 0 unspecified atom stereocenters. The standard InChI is InChI=1S/C15H21N3OS/c1-9(2)18-8-12(16)6-14(18)15(19)17-7-13-5-10(3)11(4)20-13/h5-6,8-9H,7,16H2,1-4H3,(H,17,19). The average molecular weight is 291 g/mol. The van der Waals surface area contributed by atoms with Gasteiger partial charge in [0, 0.05) is 22.0 Å². The number of aryl methyl sites for hydroxylation is 2. The molecule has 108 valence electrons. The average Bonchev–Trinajstić information content (AvgIpc) is 2.91. The van der Waals surface area contributed by atoms with E-state index < -0.39 is 0 Å². The van der Waals surface area contributed by atoms with Crippen LogP contribution in [0.2, 0.25) is 0 Å². The molecule has 0 saturated carbocycles. The van der Waals surface area contributed by atoms with E-state index in [0.29, 0.717) is 17.9 Å². The maximum Gasteiger partial charge on any atom is 0.268 e. The summed E-state index contributed by atoms with van der Waals surface area (Å²) in [5, 5.41) is 2.96. The summed E-state index contributed by atoms with van der Waals surface area (Å²) in [6.45, 7) is 8.80. The lowest BCUT2D eigenvalue weighted by Crippen LogP contribution is -2.25. The monoisotopic (exact) mass is 291 g/mol. The molecule has 0 bridgehead atoms. The highest BCUT2D eigenvalue weighted by Gasteiger charge is 2.14. The van der Waals surface area contributed by atoms with Gasteiger partial charge in [-0.05, 0) is 45.4 Å². The summed E-state index contributed by atoms with van der Waals surface area (Å²) in [7, 11) is 0. The predicted octanol–water partition coefficient (Wildman–Crippen LogP) is 3.26. The number of anilines is 1. The van der Waals surface area contributed by atoms with Gasteiger partial charge in [0.25, 0.3) is 5.91 Å². The maximum atomic E-state index is 12.3. The number of hydrogen-bond donors (Lipinski definition) is 2. The van der Waals surface area contributed by atoms with Crippen LogP contribution in [0.4, 0.5) is 5.69 Å². The van der Waals surface area contributed by atoms with Crippen LogP contribution in [0, 0.1) is 13.8 Å². The van der Waals surface area contributed by atoms with E-state index in [0.717, 1.165) is 0 Å². The molecular weight excluding hydrogens is 270 g/mol. The van der Waals surface area contributed by atoms with E-state index in [9.17, 15) is 4.79 Å². The van der Waals surface area contributed by atoms with Crippen molar-refractivity contribution in [1.29, 1.82) is 0 Å². The molecule has 2 rings (SSSR count). The lowest BCUT2D eigenvalue weighted by molar-refractivity contribution is 0.0940. The Morgan fingerprint density at radius 3 is 2.65 bits per heavy atom. The molecule has 2 heterocycles. The van der Waals surface area contributed by atoms with Crippen molar-refractivity contribution in [3.63, 3.8) is 0 Å². The van der Waals surface area contributed by atoms with Gasteiger partial charge >= 0.3 is 0 Å². The quantitative estimate of drug-likeness (QED) is 0.908. The third-order valence-electron chi connectivity index (χ3n) is 3.30. The first-order valence-electron chi connectivity index (χ1n) is 6.70. The Morgan fingerprint density at radius 1 is 1.40 bits per heavy atom. The van der Waals surface area contributed by atoms with Gasteiger partial charge in [-0.15, -0.1) is 11.3 Å². The first-order chi connectivity index (χ1) is 9.38. The van der Waals surface area contributed by atoms with E-state index in [1.807, 2.05) is 18.4 Å². The number of carbonyl (C=O) groups is 1. The highest BCUT2D eigenvalue weighted by atomic mass is 32.1. The number of rotatable bonds is 4. The molecule has 3 N–H and O–H groups in total. The zero-order valence-electron chi connectivity index (χ0n) is 12.4. The van der Waals surface area contributed by atoms with E-state index in [2.05, 4.69) is 25.2 Å². The van der Waals surface area contributed by atoms with Crippen LogP contribution in [0.25, 0.3) is 0 Å². The second-order valence-electron chi connectivity index (χ2n) is 5.29. The second kappa shape index (κ2) is 5.71. The summed E-state index contributed by atoms with van der Waals surface area (Å²) in [6.07, 6.45) is 1.80. The number of thiophene rings is 1. The van der Waals surface area contributed by atoms with E-state index >= 15 is 0 Å². The maximum absolute atomic E-state index is 12.3. The molecule has 0 fully saturated rings. The fraction of sp³-hybridized carbons (Fsp3) is 0.400. The van der Waals surface area contributed by atoms with Crippen LogP contribution < -0.4 is 11.1 Å². The Balaban J connectivity index is 2.09. The number of carbonyl (C=O) groups excluding carboxylic acids is 1. The number of amides is 1. The molecule has 0 aliphatic carbocycles. The zero-order chi connectivity index (χ0) is 14.9. The lowest BCUT2D eigenvalue weighted by Gasteiger charge is -2.12. The number of nitrogens with zero attached hydrogens (tertiary/aromatic N) is 1. The Morgan fingerprint density at radius 2 is 2.10 bits per heavy atom. The van der Waals surface area contributed by atoms with Crippen LogP contribution >= 0.6 is 11.3 Å². The van der Waals surface area contributed by atoms with Crippen molar-refractivity contribution in [3.05, 3.63) is 39.3 Å². The summed E-state index contributed by atoms with van der Waals surface area (Å²) in [5.74, 6) is -0.0842. The number of nitrogens with two attached hydrogens (primary N) is 1. The van der Waals surface area contributed by atoms with Crippen molar-refractivity contribution in [2.45, 2.75) is 40.3 Å². The van der Waals surface area contributed by atoms with Crippen molar-refractivity contribution >= 4 is 22.9 Å². The number of nitrogen functional groups attached to an aromatic ring is 1. The fourth-order valence-corrected chi connectivity index (χ4v) is 3.10. The second-order valence-corrected chi connectivity index (χ2v) is 6.64. The van der Waals surface area contributed by atoms with Gasteiger partial charge in [0.1, 0.15) is 5.69 Å². The number of aromatic nitrogens is 1. The lowest BCUT2D eigenvalue weighted by atomic mass is 10.3. The zero-order valence-corrected chi connectivity index (χ0v) is 13.2. The highest BCUT2D eigenvalue weighted by molar-refractivity contribution is 7.12. The molecule has 1 amide bonds. The molecule has 0 atom stereocenters. The molecule has 0 spiro atoms. The van der Waals surface area contributed by atoms with Crippen molar-refractivity contribution in [1.82, 2.24) is 9.88 Å². The van der Waals surface area contributed by atoms with E-state index in [1.54, 1.807) is 23.6 Å². The smallest absolute Gasteiger partial charge is 0.268 e. The van der Waals surface area contributed by atoms with Crippen molar-refractivity contribution in [2.75, 3.05) is 5.73 Å². The van der Waals surface area contributed by atoms with Gasteiger partial charge in [0.2, 0.25) is 0 Å². The van der Waals surface area contributed by atoms with Gasteiger partial charge < -0.3 is 15.6 Å². The molecule has 0 radical (unpaired) electrons. The Labute approximate surface area is 123 Å². The molecule has 4 nitrogen and oxygen atoms in total. The molecule has 0 aromatic carbocycles. The van der Waals surface area contributed by atoms with Gasteiger partial charge in [-0.3, -0.25) is 4.79 Å². The SMILES string of the molecule is Cc1cc(CNC(=O)c2cc(N)cn2C(C)C)sc1C. The third kappa shape index (κ3) is 3.04. The third-order valence-corrected chi connectivity index (χ3v) is 4.45. The Hall–Kier alpha value is -1.75. The van der Waals surface area contributed by atoms with Gasteiger partial charge in [0.05, 0.1) is 12.2 Å². The van der Waals surface area contributed by atoms with Gasteiger partial charge in [0.15, 0.2) is 0 Å². The fourth-order valence-electron chi connectivity index (χ4n) is 2.10. The summed E-state index contributed by atoms with van der Waals surface area (Å²) < 4.78 is 1.90. The summed E-state index contributed by atoms with van der Waals surface area (Å²) in [4.78, 5) is 14.7. The Bertz CT molecular complexity index is 606. The minimum absolute atomic E-state index is 0.0842. The Kier molecular flexibility index (Phi) is 4.18. The number of hydrogen-bond acceptors (Lipinski definition) is 3. The van der Waals surface area contributed by atoms with Gasteiger partial charge in [-0.2, -0.15) is 0 Å². The summed E-state index contributed by atoms with van der Waals surface area (Å²) >= 11 is 1.72. The topological polar surface area (TPSA) is 60.1 Å². The van der Waals surface area contributed by atoms with Gasteiger partial charge in [-0.25, -0.2) is 0 Å². The van der Waals surface area contributed by atoms with Crippen LogP contribution in [-0.4, -0.2) is 10.5 Å². The minimum atomic E-state index is -0.0842. The molecule has 5 heteroatoms. The highest BCUT2D eigenvalue weighted by Crippen LogP contribution is 2.21. The largest absolute Gasteiger partial charge is 0.397 e.